The standard InChI is InChI=1S/C16H21N3O4/c1-16(2,3)15(21)23-19-13(14(20)22-4)7-5-6-12-9-8-11(17)10-18-12/h8-10,13,19H,7,17H2,1-4H3. The Labute approximate surface area is 135 Å². The number of nitrogens with two attached hydrogens (primary N) is 1. The molecule has 7 nitrogen and oxygen atoms in total. The summed E-state index contributed by atoms with van der Waals surface area (Å²) < 4.78 is 4.66. The molecule has 1 aromatic heterocycles. The summed E-state index contributed by atoms with van der Waals surface area (Å²) in [5.74, 6) is 4.52. The van der Waals surface area contributed by atoms with Crippen molar-refractivity contribution in [3.63, 3.8) is 0 Å². The number of methoxy groups -OCH3 is 1. The number of ether oxygens (including phenoxy) is 1. The van der Waals surface area contributed by atoms with Crippen molar-refractivity contribution in [2.75, 3.05) is 12.8 Å². The van der Waals surface area contributed by atoms with E-state index in [0.717, 1.165) is 0 Å². The minimum absolute atomic E-state index is 0.0934. The van der Waals surface area contributed by atoms with Crippen LogP contribution in [0.25, 0.3) is 0 Å². The molecular weight excluding hydrogens is 298 g/mol. The van der Waals surface area contributed by atoms with Crippen LogP contribution < -0.4 is 11.2 Å². The average Bonchev–Trinajstić information content (AvgIpc) is 2.50. The molecule has 0 bridgehead atoms. The number of hydroxylamine groups is 1. The molecule has 0 fully saturated rings. The van der Waals surface area contributed by atoms with Crippen molar-refractivity contribution in [1.29, 1.82) is 0 Å². The summed E-state index contributed by atoms with van der Waals surface area (Å²) in [6.07, 6.45) is 1.58. The van der Waals surface area contributed by atoms with Gasteiger partial charge in [0.05, 0.1) is 24.4 Å². The predicted octanol–water partition coefficient (Wildman–Crippen LogP) is 1.04. The number of esters is 1. The summed E-state index contributed by atoms with van der Waals surface area (Å²) in [6.45, 7) is 5.12. The smallest absolute Gasteiger partial charge is 0.330 e. The molecule has 0 amide bonds. The Morgan fingerprint density at radius 2 is 2.09 bits per heavy atom. The van der Waals surface area contributed by atoms with Crippen molar-refractivity contribution in [1.82, 2.24) is 10.5 Å². The SMILES string of the molecule is COC(=O)C(CC#Cc1ccc(N)cn1)NOC(=O)C(C)(C)C. The van der Waals surface area contributed by atoms with Crippen LogP contribution in [0.1, 0.15) is 32.9 Å². The molecule has 7 heteroatoms. The highest BCUT2D eigenvalue weighted by Gasteiger charge is 2.26. The first-order chi connectivity index (χ1) is 10.7. The number of nitrogens with one attached hydrogen (secondary N) is 1. The molecule has 0 saturated carbocycles. The quantitative estimate of drug-likeness (QED) is 0.485. The fourth-order valence-electron chi connectivity index (χ4n) is 1.32. The number of hydrogen-bond acceptors (Lipinski definition) is 7. The number of anilines is 1. The molecule has 0 aromatic carbocycles. The summed E-state index contributed by atoms with van der Waals surface area (Å²) in [5, 5.41) is 0. The predicted molar refractivity (Wildman–Crippen MR) is 84.6 cm³/mol. The summed E-state index contributed by atoms with van der Waals surface area (Å²) in [4.78, 5) is 32.3. The second-order valence-electron chi connectivity index (χ2n) is 5.82. The summed E-state index contributed by atoms with van der Waals surface area (Å²) in [7, 11) is 1.25. The molecule has 0 saturated heterocycles. The first-order valence-corrected chi connectivity index (χ1v) is 6.99. The fraction of sp³-hybridized carbons (Fsp3) is 0.438. The van der Waals surface area contributed by atoms with E-state index in [-0.39, 0.29) is 6.42 Å². The van der Waals surface area contributed by atoms with E-state index >= 15 is 0 Å². The Kier molecular flexibility index (Phi) is 6.54. The Balaban J connectivity index is 2.67. The summed E-state index contributed by atoms with van der Waals surface area (Å²) >= 11 is 0. The highest BCUT2D eigenvalue weighted by molar-refractivity contribution is 5.77. The van der Waals surface area contributed by atoms with Crippen molar-refractivity contribution < 1.29 is 19.2 Å². The number of aromatic nitrogens is 1. The van der Waals surface area contributed by atoms with Gasteiger partial charge in [-0.1, -0.05) is 5.92 Å². The lowest BCUT2D eigenvalue weighted by Crippen LogP contribution is -2.41. The van der Waals surface area contributed by atoms with Crippen molar-refractivity contribution in [2.24, 2.45) is 5.41 Å². The third-order valence-electron chi connectivity index (χ3n) is 2.70. The zero-order valence-electron chi connectivity index (χ0n) is 13.7. The van der Waals surface area contributed by atoms with E-state index in [4.69, 9.17) is 10.6 Å². The highest BCUT2D eigenvalue weighted by atomic mass is 16.7. The van der Waals surface area contributed by atoms with Crippen LogP contribution in [0.2, 0.25) is 0 Å². The molecule has 1 aromatic rings. The first kappa shape index (κ1) is 18.5. The van der Waals surface area contributed by atoms with Crippen molar-refractivity contribution in [2.45, 2.75) is 33.2 Å². The molecule has 0 spiro atoms. The van der Waals surface area contributed by atoms with Gasteiger partial charge < -0.3 is 15.3 Å². The second kappa shape index (κ2) is 8.15. The van der Waals surface area contributed by atoms with E-state index in [1.165, 1.54) is 13.3 Å². The molecular formula is C16H21N3O4. The minimum atomic E-state index is -0.882. The van der Waals surface area contributed by atoms with E-state index in [1.54, 1.807) is 32.9 Å². The monoisotopic (exact) mass is 319 g/mol. The highest BCUT2D eigenvalue weighted by Crippen LogP contribution is 2.14. The molecule has 124 valence electrons. The van der Waals surface area contributed by atoms with Gasteiger partial charge in [0.15, 0.2) is 6.04 Å². The maximum atomic E-state index is 11.7. The molecule has 0 aliphatic carbocycles. The van der Waals surface area contributed by atoms with Crippen LogP contribution in [0.4, 0.5) is 5.69 Å². The largest absolute Gasteiger partial charge is 0.468 e. The molecule has 23 heavy (non-hydrogen) atoms. The molecule has 1 rings (SSSR count). The van der Waals surface area contributed by atoms with Gasteiger partial charge in [0, 0.05) is 6.42 Å². The summed E-state index contributed by atoms with van der Waals surface area (Å²) in [6, 6.07) is 2.47. The molecule has 0 aliphatic heterocycles. The normalized spacial score (nSPS) is 11.8. The average molecular weight is 319 g/mol. The number of pyridine rings is 1. The van der Waals surface area contributed by atoms with Crippen LogP contribution in [-0.4, -0.2) is 30.1 Å². The summed E-state index contributed by atoms with van der Waals surface area (Å²) in [5.41, 5.74) is 8.31. The molecule has 1 unspecified atom stereocenters. The fourth-order valence-corrected chi connectivity index (χ4v) is 1.32. The van der Waals surface area contributed by atoms with Gasteiger partial charge in [0.25, 0.3) is 0 Å². The lowest BCUT2D eigenvalue weighted by Gasteiger charge is -2.19. The Morgan fingerprint density at radius 3 is 2.61 bits per heavy atom. The van der Waals surface area contributed by atoms with E-state index in [1.807, 2.05) is 0 Å². The topological polar surface area (TPSA) is 104 Å². The zero-order valence-corrected chi connectivity index (χ0v) is 13.7. The van der Waals surface area contributed by atoms with Crippen LogP contribution in [0.5, 0.6) is 0 Å². The second-order valence-corrected chi connectivity index (χ2v) is 5.82. The number of carbonyl (C=O) groups is 2. The number of nitrogen functional groups attached to an aromatic ring is 1. The minimum Gasteiger partial charge on any atom is -0.468 e. The van der Waals surface area contributed by atoms with Gasteiger partial charge in [-0.05, 0) is 38.8 Å². The van der Waals surface area contributed by atoms with Crippen LogP contribution in [0.3, 0.4) is 0 Å². The maximum Gasteiger partial charge on any atom is 0.330 e. The first-order valence-electron chi connectivity index (χ1n) is 6.99. The molecule has 0 aliphatic rings. The van der Waals surface area contributed by atoms with Crippen LogP contribution >= 0.6 is 0 Å². The Hall–Kier alpha value is -2.59. The molecule has 1 heterocycles. The maximum absolute atomic E-state index is 11.7. The van der Waals surface area contributed by atoms with Gasteiger partial charge in [0.2, 0.25) is 0 Å². The van der Waals surface area contributed by atoms with Crippen molar-refractivity contribution in [3.05, 3.63) is 24.0 Å². The lowest BCUT2D eigenvalue weighted by molar-refractivity contribution is -0.166. The lowest BCUT2D eigenvalue weighted by atomic mass is 9.98. The van der Waals surface area contributed by atoms with E-state index in [2.05, 4.69) is 27.0 Å². The Bertz CT molecular complexity index is 609. The van der Waals surface area contributed by atoms with E-state index < -0.39 is 23.4 Å². The third-order valence-corrected chi connectivity index (χ3v) is 2.70. The van der Waals surface area contributed by atoms with Gasteiger partial charge in [-0.15, -0.1) is 5.48 Å². The van der Waals surface area contributed by atoms with Gasteiger partial charge in [-0.2, -0.15) is 0 Å². The van der Waals surface area contributed by atoms with Crippen molar-refractivity contribution >= 4 is 17.6 Å². The van der Waals surface area contributed by atoms with Gasteiger partial charge in [0.1, 0.15) is 5.69 Å². The van der Waals surface area contributed by atoms with Crippen LogP contribution in [0.15, 0.2) is 18.3 Å². The number of rotatable bonds is 4. The van der Waals surface area contributed by atoms with Crippen LogP contribution in [0, 0.1) is 17.3 Å². The van der Waals surface area contributed by atoms with Gasteiger partial charge in [-0.3, -0.25) is 4.79 Å². The number of hydrogen-bond donors (Lipinski definition) is 2. The van der Waals surface area contributed by atoms with E-state index in [9.17, 15) is 9.59 Å². The molecule has 0 radical (unpaired) electrons. The third kappa shape index (κ3) is 6.36. The van der Waals surface area contributed by atoms with E-state index in [0.29, 0.717) is 11.4 Å². The molecule has 1 atom stereocenters. The number of nitrogens with zero attached hydrogens (tertiary/aromatic N) is 1. The number of carbonyl (C=O) groups excluding carboxylic acids is 2. The van der Waals surface area contributed by atoms with Gasteiger partial charge >= 0.3 is 11.9 Å². The van der Waals surface area contributed by atoms with Gasteiger partial charge in [-0.25, -0.2) is 9.78 Å². The van der Waals surface area contributed by atoms with Crippen LogP contribution in [-0.2, 0) is 19.2 Å². The molecule has 3 N–H and O–H groups in total. The zero-order chi connectivity index (χ0) is 17.5. The van der Waals surface area contributed by atoms with Crippen molar-refractivity contribution in [3.8, 4) is 11.8 Å². The Morgan fingerprint density at radius 1 is 1.39 bits per heavy atom.